The van der Waals surface area contributed by atoms with Gasteiger partial charge in [-0.1, -0.05) is 36.2 Å². The number of nitrogens with one attached hydrogen (secondary N) is 1. The van der Waals surface area contributed by atoms with Gasteiger partial charge in [-0.05, 0) is 80.8 Å². The molecule has 40 heavy (non-hydrogen) atoms. The second-order valence-electron chi connectivity index (χ2n) is 10.3. The fourth-order valence-corrected chi connectivity index (χ4v) is 4.73. The van der Waals surface area contributed by atoms with Crippen molar-refractivity contribution in [2.24, 2.45) is 0 Å². The zero-order valence-electron chi connectivity index (χ0n) is 22.3. The number of carbonyl (C=O) groups is 3. The van der Waals surface area contributed by atoms with E-state index < -0.39 is 5.91 Å². The Morgan fingerprint density at radius 3 is 2.38 bits per heavy atom. The van der Waals surface area contributed by atoms with Gasteiger partial charge < -0.3 is 19.4 Å². The molecule has 0 spiro atoms. The number of unbranched alkanes of at least 4 members (excludes halogenated alkanes) is 2. The van der Waals surface area contributed by atoms with Crippen LogP contribution in [0.4, 0.5) is 0 Å². The van der Waals surface area contributed by atoms with Gasteiger partial charge in [-0.2, -0.15) is 0 Å². The van der Waals surface area contributed by atoms with E-state index in [1.807, 2.05) is 30.3 Å². The standard InChI is InChI=1S/C31H35ClN2O5.Na.H/c1-21(35)6-3-2-4-8-29(36)39-17-5-7-22-11-16-28-26(18-22)30(37)27(20-34(28)25-14-15-25)31(38)33-19-23-9-12-24(32)13-10-23;;/h9-13,16,18,20,25H,2-8,14-15,17,19H2,1H3,(H,33,38);;. The van der Waals surface area contributed by atoms with E-state index in [0.717, 1.165) is 48.7 Å². The van der Waals surface area contributed by atoms with Gasteiger partial charge in [-0.15, -0.1) is 0 Å². The van der Waals surface area contributed by atoms with Gasteiger partial charge in [0.15, 0.2) is 0 Å². The molecule has 4 rings (SSSR count). The zero-order chi connectivity index (χ0) is 27.8. The predicted octanol–water partition coefficient (Wildman–Crippen LogP) is 5.29. The van der Waals surface area contributed by atoms with Crippen molar-refractivity contribution < 1.29 is 19.1 Å². The molecule has 1 saturated carbocycles. The SMILES string of the molecule is CC(=O)CCCCCC(=O)OCCCc1ccc2c(c1)c(=O)c(C(=O)NCc1ccc(Cl)cc1)cn2C1CC1.[NaH]. The minimum absolute atomic E-state index is 0. The number of pyridine rings is 1. The number of fused-ring (bicyclic) bond motifs is 1. The number of benzene rings is 2. The normalized spacial score (nSPS) is 12.6. The molecule has 1 aliphatic carbocycles. The number of nitrogens with zero attached hydrogens (tertiary/aromatic N) is 1. The van der Waals surface area contributed by atoms with E-state index in [0.29, 0.717) is 55.3 Å². The van der Waals surface area contributed by atoms with Crippen molar-refractivity contribution in [2.45, 2.75) is 77.3 Å². The second kappa shape index (κ2) is 15.5. The Morgan fingerprint density at radius 2 is 1.68 bits per heavy atom. The summed E-state index contributed by atoms with van der Waals surface area (Å²) in [6.45, 7) is 2.18. The van der Waals surface area contributed by atoms with E-state index in [-0.39, 0.29) is 52.3 Å². The molecule has 1 fully saturated rings. The molecule has 3 aromatic rings. The quantitative estimate of drug-likeness (QED) is 0.160. The molecular weight excluding hydrogens is 539 g/mol. The van der Waals surface area contributed by atoms with Gasteiger partial charge in [0, 0.05) is 42.0 Å². The fourth-order valence-electron chi connectivity index (χ4n) is 4.61. The third kappa shape index (κ3) is 9.30. The Bertz CT molecular complexity index is 1400. The number of carbonyl (C=O) groups excluding carboxylic acids is 3. The summed E-state index contributed by atoms with van der Waals surface area (Å²) in [6.07, 6.45) is 8.31. The van der Waals surface area contributed by atoms with Gasteiger partial charge >= 0.3 is 35.5 Å². The fraction of sp³-hybridized carbons (Fsp3) is 0.419. The second-order valence-corrected chi connectivity index (χ2v) is 10.7. The first-order valence-electron chi connectivity index (χ1n) is 13.7. The Kier molecular flexibility index (Phi) is 12.4. The summed E-state index contributed by atoms with van der Waals surface area (Å²) >= 11 is 5.94. The van der Waals surface area contributed by atoms with Crippen molar-refractivity contribution >= 4 is 69.7 Å². The molecule has 0 atom stereocenters. The van der Waals surface area contributed by atoms with Gasteiger partial charge in [0.05, 0.1) is 12.1 Å². The van der Waals surface area contributed by atoms with Gasteiger partial charge in [0.1, 0.15) is 11.3 Å². The van der Waals surface area contributed by atoms with Crippen molar-refractivity contribution in [1.82, 2.24) is 9.88 Å². The van der Waals surface area contributed by atoms with Crippen molar-refractivity contribution in [3.8, 4) is 0 Å². The number of halogens is 1. The summed E-state index contributed by atoms with van der Waals surface area (Å²) < 4.78 is 7.40. The molecule has 7 nitrogen and oxygen atoms in total. The van der Waals surface area contributed by atoms with E-state index >= 15 is 0 Å². The summed E-state index contributed by atoms with van der Waals surface area (Å²) in [6, 6.07) is 13.3. The number of amides is 1. The molecule has 0 saturated heterocycles. The number of hydrogen-bond donors (Lipinski definition) is 1. The van der Waals surface area contributed by atoms with Crippen LogP contribution in [-0.2, 0) is 27.3 Å². The number of hydrogen-bond acceptors (Lipinski definition) is 5. The molecular formula is C31H36ClN2NaO5. The third-order valence-corrected chi connectivity index (χ3v) is 7.18. The Morgan fingerprint density at radius 1 is 0.975 bits per heavy atom. The average molecular weight is 575 g/mol. The molecule has 0 bridgehead atoms. The topological polar surface area (TPSA) is 94.5 Å². The molecule has 9 heteroatoms. The number of esters is 1. The van der Waals surface area contributed by atoms with E-state index in [9.17, 15) is 19.2 Å². The molecule has 0 unspecified atom stereocenters. The van der Waals surface area contributed by atoms with Crippen LogP contribution in [0, 0.1) is 0 Å². The summed E-state index contributed by atoms with van der Waals surface area (Å²) in [7, 11) is 0. The molecule has 0 radical (unpaired) electrons. The molecule has 1 amide bonds. The van der Waals surface area contributed by atoms with E-state index in [4.69, 9.17) is 16.3 Å². The van der Waals surface area contributed by atoms with Crippen LogP contribution in [0.1, 0.15) is 85.8 Å². The van der Waals surface area contributed by atoms with Crippen LogP contribution in [-0.4, -0.2) is 58.4 Å². The predicted molar refractivity (Wildman–Crippen MR) is 159 cm³/mol. The minimum atomic E-state index is -0.398. The Labute approximate surface area is 261 Å². The van der Waals surface area contributed by atoms with Crippen LogP contribution in [0.5, 0.6) is 0 Å². The van der Waals surface area contributed by atoms with Crippen LogP contribution in [0.25, 0.3) is 10.9 Å². The summed E-state index contributed by atoms with van der Waals surface area (Å²) in [5, 5.41) is 4.01. The van der Waals surface area contributed by atoms with Crippen molar-refractivity contribution in [2.75, 3.05) is 6.61 Å². The number of aromatic nitrogens is 1. The first kappa shape index (κ1) is 32.1. The van der Waals surface area contributed by atoms with Crippen LogP contribution >= 0.6 is 11.6 Å². The number of rotatable bonds is 14. The molecule has 1 aliphatic rings. The number of ether oxygens (including phenoxy) is 1. The average Bonchev–Trinajstić information content (AvgIpc) is 3.76. The summed E-state index contributed by atoms with van der Waals surface area (Å²) in [5.41, 5.74) is 2.54. The maximum atomic E-state index is 13.4. The van der Waals surface area contributed by atoms with Gasteiger partial charge in [0.2, 0.25) is 5.43 Å². The van der Waals surface area contributed by atoms with E-state index in [2.05, 4.69) is 9.88 Å². The van der Waals surface area contributed by atoms with Crippen LogP contribution in [0.2, 0.25) is 5.02 Å². The maximum absolute atomic E-state index is 13.4. The Hall–Kier alpha value is -2.45. The van der Waals surface area contributed by atoms with Crippen molar-refractivity contribution in [3.05, 3.63) is 80.6 Å². The molecule has 0 aliphatic heterocycles. The first-order chi connectivity index (χ1) is 18.8. The molecule has 1 aromatic heterocycles. The monoisotopic (exact) mass is 574 g/mol. The van der Waals surface area contributed by atoms with E-state index in [1.54, 1.807) is 25.3 Å². The number of aryl methyl sites for hydroxylation is 1. The van der Waals surface area contributed by atoms with Crippen LogP contribution in [0.15, 0.2) is 53.5 Å². The molecule has 1 heterocycles. The molecule has 1 N–H and O–H groups in total. The third-order valence-electron chi connectivity index (χ3n) is 6.93. The molecule has 2 aromatic carbocycles. The Balaban J connectivity index is 0.00000441. The van der Waals surface area contributed by atoms with Gasteiger partial charge in [-0.25, -0.2) is 0 Å². The van der Waals surface area contributed by atoms with Crippen LogP contribution in [0.3, 0.4) is 0 Å². The number of ketones is 1. The van der Waals surface area contributed by atoms with Crippen molar-refractivity contribution in [3.63, 3.8) is 0 Å². The van der Waals surface area contributed by atoms with Crippen molar-refractivity contribution in [1.29, 1.82) is 0 Å². The van der Waals surface area contributed by atoms with E-state index in [1.165, 1.54) is 0 Å². The molecule has 208 valence electrons. The summed E-state index contributed by atoms with van der Waals surface area (Å²) in [5.74, 6) is -0.450. The number of Topliss-reactive ketones (excluding diaryl/α,β-unsaturated/α-hetero) is 1. The van der Waals surface area contributed by atoms with Gasteiger partial charge in [0.25, 0.3) is 5.91 Å². The first-order valence-corrected chi connectivity index (χ1v) is 14.0. The van der Waals surface area contributed by atoms with Crippen LogP contribution < -0.4 is 10.7 Å². The summed E-state index contributed by atoms with van der Waals surface area (Å²) in [4.78, 5) is 49.4. The van der Waals surface area contributed by atoms with Gasteiger partial charge in [-0.3, -0.25) is 14.4 Å². The zero-order valence-corrected chi connectivity index (χ0v) is 23.1.